The van der Waals surface area contributed by atoms with Crippen molar-refractivity contribution in [2.45, 2.75) is 19.4 Å². The maximum atomic E-state index is 12.2. The highest BCUT2D eigenvalue weighted by Gasteiger charge is 2.12. The zero-order valence-electron chi connectivity index (χ0n) is 13.8. The van der Waals surface area contributed by atoms with Gasteiger partial charge in [0.2, 0.25) is 5.91 Å². The molecule has 0 bridgehead atoms. The van der Waals surface area contributed by atoms with Crippen LogP contribution in [-0.4, -0.2) is 24.5 Å². The van der Waals surface area contributed by atoms with Gasteiger partial charge in [0, 0.05) is 18.9 Å². The van der Waals surface area contributed by atoms with Crippen LogP contribution in [0.1, 0.15) is 18.6 Å². The minimum absolute atomic E-state index is 0.0899. The number of para-hydroxylation sites is 2. The lowest BCUT2D eigenvalue weighted by Crippen LogP contribution is -2.26. The Labute approximate surface area is 141 Å². The first-order chi connectivity index (χ1) is 11.7. The summed E-state index contributed by atoms with van der Waals surface area (Å²) in [4.78, 5) is 13.9. The number of nitrogens with zero attached hydrogens (tertiary/aromatic N) is 1. The fourth-order valence-corrected chi connectivity index (χ4v) is 2.56. The molecular formula is C20H21NO3. The summed E-state index contributed by atoms with van der Waals surface area (Å²) >= 11 is 0. The van der Waals surface area contributed by atoms with E-state index < -0.39 is 0 Å². The molecule has 1 heterocycles. The van der Waals surface area contributed by atoms with Crippen LogP contribution in [0.2, 0.25) is 0 Å². The summed E-state index contributed by atoms with van der Waals surface area (Å²) in [6, 6.07) is 19.5. The van der Waals surface area contributed by atoms with Crippen LogP contribution in [0.3, 0.4) is 0 Å². The van der Waals surface area contributed by atoms with Crippen molar-refractivity contribution < 1.29 is 13.9 Å². The van der Waals surface area contributed by atoms with E-state index in [1.54, 1.807) is 11.9 Å². The van der Waals surface area contributed by atoms with Gasteiger partial charge < -0.3 is 14.1 Å². The molecule has 0 saturated carbocycles. The third-order valence-corrected chi connectivity index (χ3v) is 3.84. The zero-order chi connectivity index (χ0) is 16.8. The number of fused-ring (bicyclic) bond motifs is 1. The van der Waals surface area contributed by atoms with E-state index >= 15 is 0 Å². The van der Waals surface area contributed by atoms with Gasteiger partial charge in [0.05, 0.1) is 13.2 Å². The Hall–Kier alpha value is -2.75. The van der Waals surface area contributed by atoms with E-state index in [4.69, 9.17) is 9.15 Å². The number of hydrogen-bond acceptors (Lipinski definition) is 3. The van der Waals surface area contributed by atoms with Crippen LogP contribution in [-0.2, 0) is 11.3 Å². The Balaban J connectivity index is 1.44. The number of furan rings is 1. The molecule has 124 valence electrons. The van der Waals surface area contributed by atoms with Gasteiger partial charge in [-0.05, 0) is 30.7 Å². The minimum Gasteiger partial charge on any atom is -0.494 e. The van der Waals surface area contributed by atoms with Crippen molar-refractivity contribution in [3.05, 3.63) is 66.4 Å². The van der Waals surface area contributed by atoms with Gasteiger partial charge in [-0.25, -0.2) is 0 Å². The standard InChI is InChI=1S/C20H21NO3/c1-21(15-18-14-16-8-5-6-11-19(16)24-18)20(22)12-7-13-23-17-9-3-2-4-10-17/h2-6,8-11,14H,7,12-13,15H2,1H3. The van der Waals surface area contributed by atoms with Crippen LogP contribution in [0.25, 0.3) is 11.0 Å². The smallest absolute Gasteiger partial charge is 0.222 e. The number of ether oxygens (including phenoxy) is 1. The Morgan fingerprint density at radius 1 is 1.08 bits per heavy atom. The van der Waals surface area contributed by atoms with Gasteiger partial charge in [-0.1, -0.05) is 36.4 Å². The van der Waals surface area contributed by atoms with E-state index in [-0.39, 0.29) is 5.91 Å². The van der Waals surface area contributed by atoms with E-state index in [9.17, 15) is 4.79 Å². The van der Waals surface area contributed by atoms with Crippen molar-refractivity contribution >= 4 is 16.9 Å². The number of benzene rings is 2. The summed E-state index contributed by atoms with van der Waals surface area (Å²) in [5.74, 6) is 1.72. The molecule has 0 radical (unpaired) electrons. The van der Waals surface area contributed by atoms with Crippen LogP contribution in [0.15, 0.2) is 65.1 Å². The molecule has 3 rings (SSSR count). The second kappa shape index (κ2) is 7.68. The SMILES string of the molecule is CN(Cc1cc2ccccc2o1)C(=O)CCCOc1ccccc1. The molecule has 0 spiro atoms. The van der Waals surface area contributed by atoms with Gasteiger partial charge >= 0.3 is 0 Å². The topological polar surface area (TPSA) is 42.7 Å². The molecule has 4 heteroatoms. The molecule has 0 N–H and O–H groups in total. The van der Waals surface area contributed by atoms with Crippen LogP contribution >= 0.6 is 0 Å². The van der Waals surface area contributed by atoms with Gasteiger partial charge in [-0.15, -0.1) is 0 Å². The molecule has 0 unspecified atom stereocenters. The monoisotopic (exact) mass is 323 g/mol. The van der Waals surface area contributed by atoms with Crippen molar-refractivity contribution in [1.29, 1.82) is 0 Å². The molecule has 4 nitrogen and oxygen atoms in total. The average Bonchev–Trinajstić information content (AvgIpc) is 3.01. The molecule has 0 atom stereocenters. The second-order valence-electron chi connectivity index (χ2n) is 5.77. The molecule has 0 aliphatic rings. The minimum atomic E-state index is 0.0899. The molecule has 0 aliphatic heterocycles. The van der Waals surface area contributed by atoms with E-state index in [1.807, 2.05) is 60.7 Å². The highest BCUT2D eigenvalue weighted by atomic mass is 16.5. The normalized spacial score (nSPS) is 10.7. The number of amides is 1. The summed E-state index contributed by atoms with van der Waals surface area (Å²) in [6.45, 7) is 1.02. The van der Waals surface area contributed by atoms with Crippen LogP contribution in [0, 0.1) is 0 Å². The van der Waals surface area contributed by atoms with Gasteiger partial charge in [0.1, 0.15) is 17.1 Å². The third-order valence-electron chi connectivity index (χ3n) is 3.84. The lowest BCUT2D eigenvalue weighted by molar-refractivity contribution is -0.130. The van der Waals surface area contributed by atoms with Crippen LogP contribution in [0.5, 0.6) is 5.75 Å². The number of hydrogen-bond donors (Lipinski definition) is 0. The van der Waals surface area contributed by atoms with E-state index in [0.717, 1.165) is 22.5 Å². The van der Waals surface area contributed by atoms with Crippen molar-refractivity contribution in [1.82, 2.24) is 4.90 Å². The molecule has 1 amide bonds. The van der Waals surface area contributed by atoms with Gasteiger partial charge in [-0.3, -0.25) is 4.79 Å². The van der Waals surface area contributed by atoms with Crippen molar-refractivity contribution in [2.75, 3.05) is 13.7 Å². The zero-order valence-corrected chi connectivity index (χ0v) is 13.8. The van der Waals surface area contributed by atoms with Gasteiger partial charge in [0.15, 0.2) is 0 Å². The summed E-state index contributed by atoms with van der Waals surface area (Å²) in [5.41, 5.74) is 0.851. The maximum absolute atomic E-state index is 12.2. The molecule has 2 aromatic carbocycles. The molecule has 1 aromatic heterocycles. The van der Waals surface area contributed by atoms with E-state index in [2.05, 4.69) is 0 Å². The summed E-state index contributed by atoms with van der Waals surface area (Å²) in [7, 11) is 1.80. The second-order valence-corrected chi connectivity index (χ2v) is 5.77. The molecular weight excluding hydrogens is 302 g/mol. The third kappa shape index (κ3) is 4.16. The van der Waals surface area contributed by atoms with E-state index in [1.165, 1.54) is 0 Å². The lowest BCUT2D eigenvalue weighted by atomic mass is 10.2. The molecule has 0 aliphatic carbocycles. The summed E-state index contributed by atoms with van der Waals surface area (Å²) in [6.07, 6.45) is 1.15. The summed E-state index contributed by atoms with van der Waals surface area (Å²) < 4.78 is 11.4. The average molecular weight is 323 g/mol. The van der Waals surface area contributed by atoms with Crippen LogP contribution < -0.4 is 4.74 Å². The van der Waals surface area contributed by atoms with Gasteiger partial charge in [0.25, 0.3) is 0 Å². The van der Waals surface area contributed by atoms with Crippen LogP contribution in [0.4, 0.5) is 0 Å². The first kappa shape index (κ1) is 16.1. The Kier molecular flexibility index (Phi) is 5.16. The van der Waals surface area contributed by atoms with Crippen molar-refractivity contribution in [2.24, 2.45) is 0 Å². The first-order valence-electron chi connectivity index (χ1n) is 8.11. The number of carbonyl (C=O) groups is 1. The maximum Gasteiger partial charge on any atom is 0.222 e. The first-order valence-corrected chi connectivity index (χ1v) is 8.11. The summed E-state index contributed by atoms with van der Waals surface area (Å²) in [5, 5.41) is 1.06. The predicted molar refractivity (Wildman–Crippen MR) is 93.9 cm³/mol. The quantitative estimate of drug-likeness (QED) is 0.610. The fraction of sp³-hybridized carbons (Fsp3) is 0.250. The van der Waals surface area contributed by atoms with E-state index in [0.29, 0.717) is 26.0 Å². The molecule has 3 aromatic rings. The van der Waals surface area contributed by atoms with Crippen molar-refractivity contribution in [3.8, 4) is 5.75 Å². The largest absolute Gasteiger partial charge is 0.494 e. The Bertz CT molecular complexity index is 762. The number of rotatable bonds is 7. The fourth-order valence-electron chi connectivity index (χ4n) is 2.56. The predicted octanol–water partition coefficient (Wildman–Crippen LogP) is 4.25. The Morgan fingerprint density at radius 3 is 2.62 bits per heavy atom. The number of carbonyl (C=O) groups excluding carboxylic acids is 1. The molecule has 0 fully saturated rings. The molecule has 24 heavy (non-hydrogen) atoms. The van der Waals surface area contributed by atoms with Crippen molar-refractivity contribution in [3.63, 3.8) is 0 Å². The highest BCUT2D eigenvalue weighted by molar-refractivity contribution is 5.78. The Morgan fingerprint density at radius 2 is 1.83 bits per heavy atom. The van der Waals surface area contributed by atoms with Gasteiger partial charge in [-0.2, -0.15) is 0 Å². The highest BCUT2D eigenvalue weighted by Crippen LogP contribution is 2.20. The molecule has 0 saturated heterocycles. The lowest BCUT2D eigenvalue weighted by Gasteiger charge is -2.15.